The molecule has 1 N–H and O–H groups in total. The first kappa shape index (κ1) is 14.5. The third-order valence-corrected chi connectivity index (χ3v) is 4.47. The number of nitrogens with one attached hydrogen (secondary N) is 1. The Labute approximate surface area is 108 Å². The largest absolute Gasteiger partial charge is 0.213 e. The number of alkyl halides is 1. The smallest absolute Gasteiger partial charge is 0.212 e. The van der Waals surface area contributed by atoms with E-state index in [0.29, 0.717) is 0 Å². The molecule has 0 aliphatic carbocycles. The molecule has 5 heteroatoms. The molecule has 1 aromatic rings. The molecule has 1 unspecified atom stereocenters. The van der Waals surface area contributed by atoms with Gasteiger partial charge in [0, 0.05) is 11.9 Å². The summed E-state index contributed by atoms with van der Waals surface area (Å²) in [7, 11) is -3.29. The highest BCUT2D eigenvalue weighted by Gasteiger charge is 2.16. The molecule has 17 heavy (non-hydrogen) atoms. The molecule has 0 aliphatic rings. The Balaban J connectivity index is 2.90. The first-order chi connectivity index (χ1) is 7.85. The second-order valence-corrected chi connectivity index (χ2v) is 6.46. The predicted octanol–water partition coefficient (Wildman–Crippen LogP) is 2.52. The fourth-order valence-electron chi connectivity index (χ4n) is 1.72. The van der Waals surface area contributed by atoms with Crippen LogP contribution >= 0.6 is 11.6 Å². The van der Waals surface area contributed by atoms with Crippen LogP contribution in [0.5, 0.6) is 0 Å². The monoisotopic (exact) mass is 275 g/mol. The van der Waals surface area contributed by atoms with Crippen molar-refractivity contribution in [3.05, 3.63) is 34.9 Å². The quantitative estimate of drug-likeness (QED) is 0.840. The van der Waals surface area contributed by atoms with E-state index in [0.717, 1.165) is 16.7 Å². The normalized spacial score (nSPS) is 13.6. The maximum absolute atomic E-state index is 11.6. The van der Waals surface area contributed by atoms with Crippen LogP contribution in [-0.4, -0.2) is 20.1 Å². The van der Waals surface area contributed by atoms with Crippen LogP contribution in [0.15, 0.2) is 18.2 Å². The molecule has 0 fully saturated rings. The van der Waals surface area contributed by atoms with Gasteiger partial charge < -0.3 is 0 Å². The fraction of sp³-hybridized carbons (Fsp3) is 0.500. The Kier molecular flexibility index (Phi) is 4.98. The summed E-state index contributed by atoms with van der Waals surface area (Å²) in [6, 6.07) is 5.78. The zero-order valence-electron chi connectivity index (χ0n) is 10.3. The highest BCUT2D eigenvalue weighted by atomic mass is 35.5. The molecule has 1 rings (SSSR count). The van der Waals surface area contributed by atoms with Gasteiger partial charge in [0.15, 0.2) is 0 Å². The number of hydrogen-bond acceptors (Lipinski definition) is 2. The number of benzene rings is 1. The van der Waals surface area contributed by atoms with Crippen LogP contribution in [0, 0.1) is 13.8 Å². The zero-order chi connectivity index (χ0) is 13.1. The van der Waals surface area contributed by atoms with E-state index in [-0.39, 0.29) is 17.7 Å². The number of sulfonamides is 1. The molecular formula is C12H18ClNO2S. The van der Waals surface area contributed by atoms with Gasteiger partial charge in [0.05, 0.1) is 5.75 Å². The van der Waals surface area contributed by atoms with Gasteiger partial charge in [-0.05, 0) is 31.9 Å². The molecule has 0 saturated carbocycles. The predicted molar refractivity (Wildman–Crippen MR) is 72.0 cm³/mol. The molecular weight excluding hydrogens is 258 g/mol. The van der Waals surface area contributed by atoms with E-state index in [1.54, 1.807) is 0 Å². The van der Waals surface area contributed by atoms with Crippen LogP contribution in [-0.2, 0) is 10.0 Å². The van der Waals surface area contributed by atoms with Gasteiger partial charge in [-0.25, -0.2) is 13.1 Å². The van der Waals surface area contributed by atoms with E-state index in [2.05, 4.69) is 4.72 Å². The summed E-state index contributed by atoms with van der Waals surface area (Å²) in [6.45, 7) is 5.80. The Hall–Kier alpha value is -0.580. The van der Waals surface area contributed by atoms with Crippen molar-refractivity contribution in [2.45, 2.75) is 26.8 Å². The van der Waals surface area contributed by atoms with Crippen LogP contribution < -0.4 is 4.72 Å². The molecule has 96 valence electrons. The molecule has 0 spiro atoms. The van der Waals surface area contributed by atoms with Crippen molar-refractivity contribution in [3.8, 4) is 0 Å². The van der Waals surface area contributed by atoms with E-state index in [1.165, 1.54) is 0 Å². The highest BCUT2D eigenvalue weighted by Crippen LogP contribution is 2.19. The van der Waals surface area contributed by atoms with Crippen LogP contribution in [0.3, 0.4) is 0 Å². The Morgan fingerprint density at radius 1 is 1.35 bits per heavy atom. The van der Waals surface area contributed by atoms with Gasteiger partial charge >= 0.3 is 0 Å². The molecule has 0 aromatic heterocycles. The third kappa shape index (κ3) is 4.30. The lowest BCUT2D eigenvalue weighted by molar-refractivity contribution is 0.568. The third-order valence-electron chi connectivity index (χ3n) is 2.60. The Morgan fingerprint density at radius 3 is 2.59 bits per heavy atom. The summed E-state index contributed by atoms with van der Waals surface area (Å²) < 4.78 is 25.9. The standard InChI is InChI=1S/C12H18ClNO2S/c1-9-4-5-10(2)12(8-9)11(3)14-17(15,16)7-6-13/h4-5,8,11,14H,6-7H2,1-3H3. The Bertz CT molecular complexity index is 485. The molecule has 0 bridgehead atoms. The molecule has 1 atom stereocenters. The van der Waals surface area contributed by atoms with E-state index >= 15 is 0 Å². The van der Waals surface area contributed by atoms with Crippen molar-refractivity contribution < 1.29 is 8.42 Å². The lowest BCUT2D eigenvalue weighted by Gasteiger charge is -2.17. The summed E-state index contributed by atoms with van der Waals surface area (Å²) in [6.07, 6.45) is 0. The second-order valence-electron chi connectivity index (χ2n) is 4.21. The SMILES string of the molecule is Cc1ccc(C)c(C(C)NS(=O)(=O)CCCl)c1. The lowest BCUT2D eigenvalue weighted by atomic mass is 10.0. The maximum Gasteiger partial charge on any atom is 0.213 e. The van der Waals surface area contributed by atoms with Crippen molar-refractivity contribution in [1.82, 2.24) is 4.72 Å². The Morgan fingerprint density at radius 2 is 2.00 bits per heavy atom. The van der Waals surface area contributed by atoms with Gasteiger partial charge in [0.1, 0.15) is 0 Å². The molecule has 0 radical (unpaired) electrons. The van der Waals surface area contributed by atoms with E-state index in [9.17, 15) is 8.42 Å². The first-order valence-corrected chi connectivity index (χ1v) is 7.67. The first-order valence-electron chi connectivity index (χ1n) is 5.49. The maximum atomic E-state index is 11.6. The van der Waals surface area contributed by atoms with Crippen molar-refractivity contribution in [1.29, 1.82) is 0 Å². The van der Waals surface area contributed by atoms with Gasteiger partial charge in [0.25, 0.3) is 0 Å². The van der Waals surface area contributed by atoms with Crippen molar-refractivity contribution in [2.75, 3.05) is 11.6 Å². The zero-order valence-corrected chi connectivity index (χ0v) is 11.9. The van der Waals surface area contributed by atoms with Crippen molar-refractivity contribution in [3.63, 3.8) is 0 Å². The molecule has 0 aliphatic heterocycles. The topological polar surface area (TPSA) is 46.2 Å². The summed E-state index contributed by atoms with van der Waals surface area (Å²) >= 11 is 5.45. The van der Waals surface area contributed by atoms with Gasteiger partial charge in [0.2, 0.25) is 10.0 Å². The second kappa shape index (κ2) is 5.85. The average molecular weight is 276 g/mol. The van der Waals surface area contributed by atoms with Gasteiger partial charge in [-0.2, -0.15) is 0 Å². The summed E-state index contributed by atoms with van der Waals surface area (Å²) in [5.74, 6) is 0.0542. The number of hydrogen-bond donors (Lipinski definition) is 1. The summed E-state index contributed by atoms with van der Waals surface area (Å²) in [4.78, 5) is 0. The molecule has 3 nitrogen and oxygen atoms in total. The van der Waals surface area contributed by atoms with Crippen molar-refractivity contribution >= 4 is 21.6 Å². The van der Waals surface area contributed by atoms with Crippen LogP contribution in [0.25, 0.3) is 0 Å². The lowest BCUT2D eigenvalue weighted by Crippen LogP contribution is -2.30. The van der Waals surface area contributed by atoms with Gasteiger partial charge in [-0.3, -0.25) is 0 Å². The summed E-state index contributed by atoms with van der Waals surface area (Å²) in [5, 5.41) is 0. The van der Waals surface area contributed by atoms with Crippen LogP contribution in [0.2, 0.25) is 0 Å². The minimum Gasteiger partial charge on any atom is -0.212 e. The van der Waals surface area contributed by atoms with Crippen LogP contribution in [0.1, 0.15) is 29.7 Å². The summed E-state index contributed by atoms with van der Waals surface area (Å²) in [5.41, 5.74) is 3.20. The average Bonchev–Trinajstić information content (AvgIpc) is 2.20. The number of halogens is 1. The number of rotatable bonds is 5. The molecule has 0 saturated heterocycles. The minimum absolute atomic E-state index is 0.0518. The van der Waals surface area contributed by atoms with E-state index in [4.69, 9.17) is 11.6 Å². The molecule has 0 amide bonds. The number of aryl methyl sites for hydroxylation is 2. The molecule has 0 heterocycles. The molecule has 1 aromatic carbocycles. The van der Waals surface area contributed by atoms with Gasteiger partial charge in [-0.15, -0.1) is 11.6 Å². The van der Waals surface area contributed by atoms with Gasteiger partial charge in [-0.1, -0.05) is 23.8 Å². The van der Waals surface area contributed by atoms with Crippen molar-refractivity contribution in [2.24, 2.45) is 0 Å². The highest BCUT2D eigenvalue weighted by molar-refractivity contribution is 7.89. The van der Waals surface area contributed by atoms with E-state index < -0.39 is 10.0 Å². The minimum atomic E-state index is -3.29. The van der Waals surface area contributed by atoms with Crippen LogP contribution in [0.4, 0.5) is 0 Å². The fourth-order valence-corrected chi connectivity index (χ4v) is 3.32. The van der Waals surface area contributed by atoms with E-state index in [1.807, 2.05) is 39.0 Å².